The fourth-order valence-electron chi connectivity index (χ4n) is 3.10. The van der Waals surface area contributed by atoms with Crippen LogP contribution in [-0.2, 0) is 0 Å². The van der Waals surface area contributed by atoms with E-state index >= 15 is 0 Å². The number of aliphatic imine (C=N–C) groups is 1. The fourth-order valence-corrected chi connectivity index (χ4v) is 3.81. The summed E-state index contributed by atoms with van der Waals surface area (Å²) in [6.07, 6.45) is 11.7. The first-order chi connectivity index (χ1) is 13.9. The Kier molecular flexibility index (Phi) is 8.55. The molecular formula is C21H31N5OS. The predicted octanol–water partition coefficient (Wildman–Crippen LogP) is 5.10. The third-order valence-corrected chi connectivity index (χ3v) is 5.42. The number of anilines is 1. The molecule has 6 nitrogen and oxygen atoms in total. The summed E-state index contributed by atoms with van der Waals surface area (Å²) in [5.41, 5.74) is 1.82. The molecule has 28 heavy (non-hydrogen) atoms. The summed E-state index contributed by atoms with van der Waals surface area (Å²) in [4.78, 5) is 13.5. The highest BCUT2D eigenvalue weighted by atomic mass is 32.1. The van der Waals surface area contributed by atoms with Gasteiger partial charge in [0, 0.05) is 24.7 Å². The van der Waals surface area contributed by atoms with E-state index < -0.39 is 0 Å². The second-order valence-corrected chi connectivity index (χ2v) is 7.86. The lowest BCUT2D eigenvalue weighted by atomic mass is 10.1. The molecule has 2 aromatic rings. The highest BCUT2D eigenvalue weighted by Gasteiger charge is 2.13. The average Bonchev–Trinajstić information content (AvgIpc) is 3.19. The lowest BCUT2D eigenvalue weighted by Gasteiger charge is -2.14. The van der Waals surface area contributed by atoms with Gasteiger partial charge in [0.05, 0.1) is 17.9 Å². The first-order valence-corrected chi connectivity index (χ1v) is 11.3. The Morgan fingerprint density at radius 3 is 2.86 bits per heavy atom. The van der Waals surface area contributed by atoms with Crippen molar-refractivity contribution < 1.29 is 4.74 Å². The molecule has 3 rings (SSSR count). The number of unbranched alkanes of at least 4 members (excludes halogenated alkanes) is 6. The van der Waals surface area contributed by atoms with Crippen molar-refractivity contribution in [1.29, 1.82) is 0 Å². The molecule has 0 amide bonds. The highest BCUT2D eigenvalue weighted by molar-refractivity contribution is 7.14. The van der Waals surface area contributed by atoms with E-state index in [1.54, 1.807) is 17.5 Å². The molecular weight excluding hydrogens is 370 g/mol. The van der Waals surface area contributed by atoms with Gasteiger partial charge in [-0.25, -0.2) is 9.97 Å². The minimum absolute atomic E-state index is 0.665. The van der Waals surface area contributed by atoms with Gasteiger partial charge in [-0.2, -0.15) is 0 Å². The Labute approximate surface area is 171 Å². The summed E-state index contributed by atoms with van der Waals surface area (Å²) in [6.45, 7) is 4.75. The van der Waals surface area contributed by atoms with Crippen molar-refractivity contribution >= 4 is 22.4 Å². The van der Waals surface area contributed by atoms with E-state index in [1.807, 2.05) is 17.5 Å². The standard InChI is InChI=1S/C21H31N5OS/c1-2-3-4-5-6-7-8-15-27-19-17(11-9-12-22-19)18-16-28-21(25-18)26-20-23-13-10-14-24-20/h9,11-12,16H,2-8,10,13-15H2,1H3,(H2,23,24,25,26). The Hall–Kier alpha value is -2.15. The number of nitrogens with one attached hydrogen (secondary N) is 2. The van der Waals surface area contributed by atoms with Crippen molar-refractivity contribution in [2.24, 2.45) is 4.99 Å². The molecule has 3 heterocycles. The van der Waals surface area contributed by atoms with Gasteiger partial charge in [0.25, 0.3) is 0 Å². The Balaban J connectivity index is 1.50. The van der Waals surface area contributed by atoms with Gasteiger partial charge in [-0.3, -0.25) is 4.99 Å². The van der Waals surface area contributed by atoms with Crippen LogP contribution in [0.2, 0.25) is 0 Å². The average molecular weight is 402 g/mol. The van der Waals surface area contributed by atoms with E-state index in [-0.39, 0.29) is 0 Å². The maximum atomic E-state index is 5.98. The quantitative estimate of drug-likeness (QED) is 0.513. The van der Waals surface area contributed by atoms with Crippen LogP contribution >= 0.6 is 11.3 Å². The molecule has 0 radical (unpaired) electrons. The van der Waals surface area contributed by atoms with Crippen LogP contribution in [0, 0.1) is 0 Å². The van der Waals surface area contributed by atoms with Crippen molar-refractivity contribution in [2.75, 3.05) is 25.0 Å². The normalized spacial score (nSPS) is 13.7. The number of guanidine groups is 1. The minimum atomic E-state index is 0.665. The van der Waals surface area contributed by atoms with Crippen LogP contribution in [-0.4, -0.2) is 35.6 Å². The molecule has 1 aliphatic rings. The number of rotatable bonds is 11. The smallest absolute Gasteiger partial charge is 0.222 e. The number of thiazole rings is 1. The van der Waals surface area contributed by atoms with E-state index in [1.165, 1.54) is 38.5 Å². The van der Waals surface area contributed by atoms with Gasteiger partial charge in [-0.05, 0) is 25.0 Å². The van der Waals surface area contributed by atoms with Gasteiger partial charge in [0.2, 0.25) is 5.88 Å². The van der Waals surface area contributed by atoms with Crippen LogP contribution in [0.5, 0.6) is 5.88 Å². The van der Waals surface area contributed by atoms with Gasteiger partial charge >= 0.3 is 0 Å². The second-order valence-electron chi connectivity index (χ2n) is 7.00. The zero-order valence-electron chi connectivity index (χ0n) is 16.7. The van der Waals surface area contributed by atoms with E-state index in [2.05, 4.69) is 32.5 Å². The summed E-state index contributed by atoms with van der Waals surface area (Å²) < 4.78 is 5.98. The highest BCUT2D eigenvalue weighted by Crippen LogP contribution is 2.30. The van der Waals surface area contributed by atoms with E-state index in [0.717, 1.165) is 48.3 Å². The summed E-state index contributed by atoms with van der Waals surface area (Å²) >= 11 is 1.56. The lowest BCUT2D eigenvalue weighted by Crippen LogP contribution is -2.35. The minimum Gasteiger partial charge on any atom is -0.477 e. The third kappa shape index (κ3) is 6.48. The molecule has 2 aromatic heterocycles. The van der Waals surface area contributed by atoms with E-state index in [4.69, 9.17) is 4.74 Å². The van der Waals surface area contributed by atoms with Gasteiger partial charge in [-0.1, -0.05) is 45.4 Å². The van der Waals surface area contributed by atoms with Crippen molar-refractivity contribution in [3.63, 3.8) is 0 Å². The molecule has 0 saturated heterocycles. The molecule has 0 fully saturated rings. The lowest BCUT2D eigenvalue weighted by molar-refractivity contribution is 0.294. The van der Waals surface area contributed by atoms with Gasteiger partial charge < -0.3 is 15.4 Å². The van der Waals surface area contributed by atoms with Crippen LogP contribution < -0.4 is 15.4 Å². The number of nitrogens with zero attached hydrogens (tertiary/aromatic N) is 3. The van der Waals surface area contributed by atoms with Gasteiger partial charge in [0.15, 0.2) is 11.1 Å². The Morgan fingerprint density at radius 2 is 2.04 bits per heavy atom. The van der Waals surface area contributed by atoms with Crippen molar-refractivity contribution in [3.05, 3.63) is 23.7 Å². The topological polar surface area (TPSA) is 71.4 Å². The monoisotopic (exact) mass is 401 g/mol. The predicted molar refractivity (Wildman–Crippen MR) is 117 cm³/mol. The molecule has 0 aromatic carbocycles. The molecule has 7 heteroatoms. The molecule has 2 N–H and O–H groups in total. The molecule has 152 valence electrons. The summed E-state index contributed by atoms with van der Waals surface area (Å²) in [6, 6.07) is 3.94. The zero-order valence-corrected chi connectivity index (χ0v) is 17.6. The van der Waals surface area contributed by atoms with Crippen LogP contribution in [0.15, 0.2) is 28.7 Å². The number of hydrogen-bond acceptors (Lipinski definition) is 7. The second kappa shape index (κ2) is 11.6. The number of ether oxygens (including phenoxy) is 1. The van der Waals surface area contributed by atoms with Crippen molar-refractivity contribution in [2.45, 2.75) is 58.3 Å². The molecule has 1 aliphatic heterocycles. The van der Waals surface area contributed by atoms with Crippen LogP contribution in [0.1, 0.15) is 58.3 Å². The van der Waals surface area contributed by atoms with Gasteiger partial charge in [0.1, 0.15) is 0 Å². The zero-order chi connectivity index (χ0) is 19.4. The Morgan fingerprint density at radius 1 is 1.18 bits per heavy atom. The largest absolute Gasteiger partial charge is 0.477 e. The number of pyridine rings is 1. The summed E-state index contributed by atoms with van der Waals surface area (Å²) in [5, 5.41) is 9.36. The first kappa shape index (κ1) is 20.6. The number of aromatic nitrogens is 2. The molecule has 0 unspecified atom stereocenters. The van der Waals surface area contributed by atoms with Crippen molar-refractivity contribution in [1.82, 2.24) is 15.3 Å². The molecule has 0 atom stereocenters. The fraction of sp³-hybridized carbons (Fsp3) is 0.571. The van der Waals surface area contributed by atoms with E-state index in [9.17, 15) is 0 Å². The molecule has 0 bridgehead atoms. The Bertz CT molecular complexity index is 746. The molecule has 0 saturated carbocycles. The summed E-state index contributed by atoms with van der Waals surface area (Å²) in [5.74, 6) is 1.47. The van der Waals surface area contributed by atoms with Gasteiger partial charge in [-0.15, -0.1) is 11.3 Å². The van der Waals surface area contributed by atoms with Crippen LogP contribution in [0.25, 0.3) is 11.3 Å². The maximum Gasteiger partial charge on any atom is 0.222 e. The van der Waals surface area contributed by atoms with E-state index in [0.29, 0.717) is 12.5 Å². The van der Waals surface area contributed by atoms with Crippen molar-refractivity contribution in [3.8, 4) is 17.1 Å². The van der Waals surface area contributed by atoms with Crippen LogP contribution in [0.3, 0.4) is 0 Å². The number of hydrogen-bond donors (Lipinski definition) is 2. The maximum absolute atomic E-state index is 5.98. The SMILES string of the molecule is CCCCCCCCCOc1ncccc1-c1csc(NC2=NCCCN2)n1. The van der Waals surface area contributed by atoms with Crippen LogP contribution in [0.4, 0.5) is 5.13 Å². The molecule has 0 aliphatic carbocycles. The third-order valence-electron chi connectivity index (χ3n) is 4.66. The molecule has 0 spiro atoms. The summed E-state index contributed by atoms with van der Waals surface area (Å²) in [7, 11) is 0. The first-order valence-electron chi connectivity index (χ1n) is 10.5.